The number of allylic oxidation sites excluding steroid dienone is 2. The van der Waals surface area contributed by atoms with Crippen molar-refractivity contribution in [2.24, 2.45) is 17.8 Å². The summed E-state index contributed by atoms with van der Waals surface area (Å²) in [5.41, 5.74) is 1.17. The molecule has 1 fully saturated rings. The third kappa shape index (κ3) is 10.8. The molecule has 2 rings (SSSR count). The van der Waals surface area contributed by atoms with Gasteiger partial charge in [0.2, 0.25) is 0 Å². The number of aliphatic carboxylic acids is 1. The lowest BCUT2D eigenvalue weighted by Gasteiger charge is -2.26. The minimum Gasteiger partial charge on any atom is -0.481 e. The lowest BCUT2D eigenvalue weighted by atomic mass is 9.85. The van der Waals surface area contributed by atoms with E-state index in [1.165, 1.54) is 5.56 Å². The van der Waals surface area contributed by atoms with Crippen molar-refractivity contribution in [1.29, 1.82) is 0 Å². The topological polar surface area (TPSA) is 104 Å². The predicted molar refractivity (Wildman–Crippen MR) is 143 cm³/mol. The maximum Gasteiger partial charge on any atom is 0.311 e. The van der Waals surface area contributed by atoms with Crippen molar-refractivity contribution < 1.29 is 29.6 Å². The molecule has 0 aliphatic heterocycles. The van der Waals surface area contributed by atoms with E-state index >= 15 is 0 Å². The average Bonchev–Trinajstić information content (AvgIpc) is 3.17. The van der Waals surface area contributed by atoms with Gasteiger partial charge in [0.15, 0.2) is 0 Å². The second-order valence-corrected chi connectivity index (χ2v) is 9.87. The normalized spacial score (nSPS) is 22.0. The minimum atomic E-state index is -0.817. The summed E-state index contributed by atoms with van der Waals surface area (Å²) in [5, 5.41) is 30.3. The van der Waals surface area contributed by atoms with Gasteiger partial charge in [-0.25, -0.2) is 0 Å². The zero-order valence-corrected chi connectivity index (χ0v) is 21.5. The fourth-order valence-corrected chi connectivity index (χ4v) is 5.03. The van der Waals surface area contributed by atoms with Crippen LogP contribution in [0.4, 0.5) is 0 Å². The Morgan fingerprint density at radius 2 is 1.78 bits per heavy atom. The number of rotatable bonds is 16. The van der Waals surface area contributed by atoms with E-state index in [0.717, 1.165) is 6.42 Å². The van der Waals surface area contributed by atoms with Crippen molar-refractivity contribution in [2.45, 2.75) is 88.9 Å². The molecule has 0 heterocycles. The van der Waals surface area contributed by atoms with Crippen LogP contribution in [-0.2, 0) is 20.7 Å². The Kier molecular flexibility index (Phi) is 13.6. The average molecular weight is 509 g/mol. The molecule has 0 spiro atoms. The fraction of sp³-hybridized carbons (Fsp3) is 0.548. The van der Waals surface area contributed by atoms with E-state index in [0.29, 0.717) is 44.9 Å². The number of aliphatic hydroxyl groups excluding tert-OH is 2. The highest BCUT2D eigenvalue weighted by molar-refractivity contribution is 5.73. The van der Waals surface area contributed by atoms with Gasteiger partial charge in [0.05, 0.1) is 18.1 Å². The Morgan fingerprint density at radius 3 is 2.43 bits per heavy atom. The van der Waals surface area contributed by atoms with E-state index in [1.54, 1.807) is 0 Å². The molecule has 0 aromatic heterocycles. The van der Waals surface area contributed by atoms with Crippen LogP contribution in [0.1, 0.15) is 69.8 Å². The van der Waals surface area contributed by atoms with Crippen molar-refractivity contribution in [3.63, 3.8) is 0 Å². The van der Waals surface area contributed by atoms with Crippen molar-refractivity contribution >= 4 is 11.9 Å². The number of carboxylic acids is 1. The number of aryl methyl sites for hydroxylation is 1. The van der Waals surface area contributed by atoms with Crippen LogP contribution >= 0.6 is 0 Å². The Balaban J connectivity index is 2.02. The number of aliphatic hydroxyl groups is 2. The predicted octanol–water partition coefficient (Wildman–Crippen LogP) is 4.53. The van der Waals surface area contributed by atoms with Crippen molar-refractivity contribution in [1.82, 2.24) is 0 Å². The van der Waals surface area contributed by atoms with Crippen LogP contribution in [0.3, 0.4) is 0 Å². The molecule has 200 valence electrons. The lowest BCUT2D eigenvalue weighted by Crippen LogP contribution is -2.29. The number of hydrogen-bond donors (Lipinski definition) is 3. The van der Waals surface area contributed by atoms with Gasteiger partial charge in [0.1, 0.15) is 6.10 Å². The molecular formula is C31H40O6. The molecule has 3 N–H and O–H groups in total. The van der Waals surface area contributed by atoms with E-state index in [2.05, 4.69) is 11.8 Å². The summed E-state index contributed by atoms with van der Waals surface area (Å²) in [4.78, 5) is 23.5. The van der Waals surface area contributed by atoms with Gasteiger partial charge in [0.25, 0.3) is 0 Å². The Hall–Kier alpha value is -3.06. The Labute approximate surface area is 221 Å². The van der Waals surface area contributed by atoms with E-state index in [4.69, 9.17) is 22.7 Å². The monoisotopic (exact) mass is 508 g/mol. The number of carboxylic acid groups (broad SMARTS) is 1. The van der Waals surface area contributed by atoms with Gasteiger partial charge >= 0.3 is 11.9 Å². The van der Waals surface area contributed by atoms with Gasteiger partial charge in [-0.1, -0.05) is 42.5 Å². The van der Waals surface area contributed by atoms with Gasteiger partial charge < -0.3 is 20.1 Å². The first-order valence-electron chi connectivity index (χ1n) is 13.2. The van der Waals surface area contributed by atoms with Crippen LogP contribution in [-0.4, -0.2) is 45.6 Å². The molecule has 5 atom stereocenters. The van der Waals surface area contributed by atoms with Crippen LogP contribution in [0, 0.1) is 42.4 Å². The summed E-state index contributed by atoms with van der Waals surface area (Å²) in [6, 6.07) is 10.0. The molecule has 1 aromatic carbocycles. The van der Waals surface area contributed by atoms with Crippen molar-refractivity contribution in [3.05, 3.63) is 48.0 Å². The molecule has 1 saturated carbocycles. The second kappa shape index (κ2) is 16.6. The molecule has 0 bridgehead atoms. The fourth-order valence-electron chi connectivity index (χ4n) is 5.03. The molecule has 0 radical (unpaired) electrons. The molecule has 1 aromatic rings. The first-order chi connectivity index (χ1) is 17.8. The highest BCUT2D eigenvalue weighted by Crippen LogP contribution is 2.41. The summed E-state index contributed by atoms with van der Waals surface area (Å²) in [6.07, 6.45) is 18.3. The summed E-state index contributed by atoms with van der Waals surface area (Å²) in [5.74, 6) is 2.89. The lowest BCUT2D eigenvalue weighted by molar-refractivity contribution is -0.156. The summed E-state index contributed by atoms with van der Waals surface area (Å²) in [6.45, 7) is 0. The van der Waals surface area contributed by atoms with Gasteiger partial charge in [-0.3, -0.25) is 9.59 Å². The molecule has 6 nitrogen and oxygen atoms in total. The molecule has 6 heteroatoms. The Morgan fingerprint density at radius 1 is 1.08 bits per heavy atom. The quantitative estimate of drug-likeness (QED) is 0.131. The van der Waals surface area contributed by atoms with Gasteiger partial charge in [-0.2, -0.15) is 0 Å². The van der Waals surface area contributed by atoms with E-state index < -0.39 is 36.2 Å². The maximum absolute atomic E-state index is 12.8. The van der Waals surface area contributed by atoms with Gasteiger partial charge in [-0.05, 0) is 56.4 Å². The third-order valence-electron chi connectivity index (χ3n) is 7.10. The highest BCUT2D eigenvalue weighted by atomic mass is 16.5. The molecule has 37 heavy (non-hydrogen) atoms. The highest BCUT2D eigenvalue weighted by Gasteiger charge is 2.44. The molecular weight excluding hydrogens is 468 g/mol. The van der Waals surface area contributed by atoms with Crippen molar-refractivity contribution in [3.8, 4) is 24.7 Å². The SMILES string of the molecule is C#CCC(CC#C)C(=O)O[C@@H]1C[C@H](O)[C@H](CC=CCCCC(=O)O)[C@H]1CC[C@@H](O)CCc1ccccc1. The number of benzene rings is 1. The third-order valence-corrected chi connectivity index (χ3v) is 7.10. The molecule has 0 amide bonds. The maximum atomic E-state index is 12.8. The summed E-state index contributed by atoms with van der Waals surface area (Å²) in [7, 11) is 0. The first-order valence-corrected chi connectivity index (χ1v) is 13.2. The number of ether oxygens (including phenoxy) is 1. The van der Waals surface area contributed by atoms with Crippen LogP contribution in [0.5, 0.6) is 0 Å². The second-order valence-electron chi connectivity index (χ2n) is 9.87. The van der Waals surface area contributed by atoms with Crippen LogP contribution < -0.4 is 0 Å². The number of carbonyl (C=O) groups excluding carboxylic acids is 1. The standard InChI is InChI=1S/C31H40O6/c1-3-12-24(13-4-2)31(36)37-29-22-28(33)26(16-10-5-6-11-17-30(34)35)27(29)21-20-25(32)19-18-23-14-8-7-9-15-23/h1-2,5,7-10,14-15,24-29,32-33H,6,11-13,16-22H2,(H,34,35)/t25-,26+,27+,28-,29+/m0/s1. The smallest absolute Gasteiger partial charge is 0.311 e. The van der Waals surface area contributed by atoms with E-state index in [1.807, 2.05) is 42.5 Å². The molecule has 1 aliphatic rings. The number of unbranched alkanes of at least 4 members (excludes halogenated alkanes) is 1. The zero-order valence-electron chi connectivity index (χ0n) is 21.5. The van der Waals surface area contributed by atoms with Gasteiger partial charge in [0, 0.05) is 31.6 Å². The van der Waals surface area contributed by atoms with Crippen LogP contribution in [0.2, 0.25) is 0 Å². The van der Waals surface area contributed by atoms with Crippen LogP contribution in [0.25, 0.3) is 0 Å². The summed E-state index contributed by atoms with van der Waals surface area (Å²) < 4.78 is 5.86. The zero-order chi connectivity index (χ0) is 27.0. The van der Waals surface area contributed by atoms with E-state index in [9.17, 15) is 19.8 Å². The largest absolute Gasteiger partial charge is 0.481 e. The first kappa shape index (κ1) is 30.2. The van der Waals surface area contributed by atoms with Crippen molar-refractivity contribution in [2.75, 3.05) is 0 Å². The molecule has 1 aliphatic carbocycles. The molecule has 0 unspecified atom stereocenters. The number of carbonyl (C=O) groups is 2. The number of esters is 1. The number of terminal acetylenes is 2. The van der Waals surface area contributed by atoms with Gasteiger partial charge in [-0.15, -0.1) is 24.7 Å². The van der Waals surface area contributed by atoms with E-state index in [-0.39, 0.29) is 31.1 Å². The number of hydrogen-bond acceptors (Lipinski definition) is 5. The van der Waals surface area contributed by atoms with Crippen LogP contribution in [0.15, 0.2) is 42.5 Å². The molecule has 0 saturated heterocycles. The summed E-state index contributed by atoms with van der Waals surface area (Å²) >= 11 is 0. The Bertz CT molecular complexity index is 925. The minimum absolute atomic E-state index is 0.119.